The summed E-state index contributed by atoms with van der Waals surface area (Å²) >= 11 is 5.92. The summed E-state index contributed by atoms with van der Waals surface area (Å²) in [7, 11) is 6.25. The molecule has 9 heteroatoms. The third-order valence-electron chi connectivity index (χ3n) is 2.86. The van der Waals surface area contributed by atoms with E-state index in [1.807, 2.05) is 30.3 Å². The van der Waals surface area contributed by atoms with Gasteiger partial charge in [0.25, 0.3) is 0 Å². The maximum absolute atomic E-state index is 10.6. The Balaban J connectivity index is 0.000000892. The van der Waals surface area contributed by atoms with Crippen LogP contribution in [0.5, 0.6) is 11.6 Å². The number of carboxylic acid groups (broad SMARTS) is 1. The third-order valence-corrected chi connectivity index (χ3v) is 3.06. The molecule has 1 aromatic carbocycles. The van der Waals surface area contributed by atoms with Crippen LogP contribution in [-0.2, 0) is 4.79 Å². The Morgan fingerprint density at radius 1 is 1.18 bits per heavy atom. The second-order valence-corrected chi connectivity index (χ2v) is 6.87. The van der Waals surface area contributed by atoms with Gasteiger partial charge in [0.1, 0.15) is 24.1 Å². The van der Waals surface area contributed by atoms with Crippen LogP contribution in [0.4, 0.5) is 5.95 Å². The van der Waals surface area contributed by atoms with E-state index in [1.165, 1.54) is 11.0 Å². The number of carbonyl (C=O) groups is 1. The number of para-hydroxylation sites is 1. The molecular weight excluding hydrogens is 384 g/mol. The maximum atomic E-state index is 10.6. The Labute approximate surface area is 170 Å². The second kappa shape index (κ2) is 12.7. The zero-order valence-corrected chi connectivity index (χ0v) is 17.3. The average Bonchev–Trinajstić information content (AvgIpc) is 2.58. The Morgan fingerprint density at radius 3 is 2.39 bits per heavy atom. The van der Waals surface area contributed by atoms with Crippen LogP contribution in [0.1, 0.15) is 13.3 Å². The van der Waals surface area contributed by atoms with E-state index in [1.54, 1.807) is 6.92 Å². The van der Waals surface area contributed by atoms with Crippen molar-refractivity contribution in [1.82, 2.24) is 9.97 Å². The number of hydrogen-bond acceptors (Lipinski definition) is 7. The molecule has 8 nitrogen and oxygen atoms in total. The Hall–Kier alpha value is -2.58. The zero-order chi connectivity index (χ0) is 20.9. The third kappa shape index (κ3) is 11.2. The highest BCUT2D eigenvalue weighted by molar-refractivity contribution is 6.29. The van der Waals surface area contributed by atoms with E-state index in [9.17, 15) is 9.90 Å². The molecule has 0 saturated carbocycles. The molecule has 0 fully saturated rings. The van der Waals surface area contributed by atoms with Crippen LogP contribution in [0, 0.1) is 0 Å². The number of rotatable bonds is 9. The highest BCUT2D eigenvalue weighted by Gasteiger charge is 2.08. The van der Waals surface area contributed by atoms with Gasteiger partial charge in [-0.1, -0.05) is 29.8 Å². The molecule has 1 atom stereocenters. The van der Waals surface area contributed by atoms with E-state index in [0.29, 0.717) is 6.61 Å². The minimum atomic E-state index is -1.16. The number of halogens is 1. The van der Waals surface area contributed by atoms with E-state index in [4.69, 9.17) is 21.1 Å². The first-order valence-corrected chi connectivity index (χ1v) is 9.22. The van der Waals surface area contributed by atoms with E-state index >= 15 is 0 Å². The van der Waals surface area contributed by atoms with Crippen molar-refractivity contribution in [3.8, 4) is 11.6 Å². The van der Waals surface area contributed by atoms with Gasteiger partial charge in [-0.15, -0.1) is 0 Å². The summed E-state index contributed by atoms with van der Waals surface area (Å²) < 4.78 is 11.0. The predicted molar refractivity (Wildman–Crippen MR) is 106 cm³/mol. The van der Waals surface area contributed by atoms with Crippen molar-refractivity contribution in [2.24, 2.45) is 0 Å². The molecule has 1 aromatic heterocycles. The number of carboxylic acids is 1. The lowest BCUT2D eigenvalue weighted by Crippen LogP contribution is -3.02. The van der Waals surface area contributed by atoms with Crippen LogP contribution < -0.4 is 24.8 Å². The van der Waals surface area contributed by atoms with Crippen molar-refractivity contribution in [3.63, 3.8) is 0 Å². The van der Waals surface area contributed by atoms with Gasteiger partial charge in [0.05, 0.1) is 21.1 Å². The first-order chi connectivity index (χ1) is 13.3. The summed E-state index contributed by atoms with van der Waals surface area (Å²) in [6, 6.07) is 10.4. The van der Waals surface area contributed by atoms with Crippen LogP contribution >= 0.6 is 11.6 Å². The van der Waals surface area contributed by atoms with Crippen molar-refractivity contribution in [1.29, 1.82) is 0 Å². The number of aliphatic carboxylic acids is 1. The summed E-state index contributed by atoms with van der Waals surface area (Å²) in [5.74, 6) is 0.0527. The molecule has 2 rings (SSSR count). The summed E-state index contributed by atoms with van der Waals surface area (Å²) in [5, 5.41) is 13.6. The van der Waals surface area contributed by atoms with E-state index in [0.717, 1.165) is 5.75 Å². The van der Waals surface area contributed by atoms with Crippen LogP contribution in [0.3, 0.4) is 0 Å². The van der Waals surface area contributed by atoms with Crippen LogP contribution in [-0.4, -0.2) is 56.3 Å². The highest BCUT2D eigenvalue weighted by Crippen LogP contribution is 2.17. The molecule has 154 valence electrons. The minimum absolute atomic E-state index is 0.170. The number of ether oxygens (including phenoxy) is 2. The Bertz CT molecular complexity index is 714. The van der Waals surface area contributed by atoms with Gasteiger partial charge >= 0.3 is 0 Å². The molecule has 1 heterocycles. The first kappa shape index (κ1) is 23.5. The largest absolute Gasteiger partial charge is 0.550 e. The first-order valence-electron chi connectivity index (χ1n) is 8.84. The van der Waals surface area contributed by atoms with E-state index in [2.05, 4.69) is 36.4 Å². The predicted octanol–water partition coefficient (Wildman–Crippen LogP) is 0.289. The fraction of sp³-hybridized carbons (Fsp3) is 0.421. The molecule has 0 amide bonds. The van der Waals surface area contributed by atoms with Gasteiger partial charge in [-0.3, -0.25) is 0 Å². The maximum Gasteiger partial charge on any atom is 0.227 e. The smallest absolute Gasteiger partial charge is 0.227 e. The Kier molecular flexibility index (Phi) is 10.7. The van der Waals surface area contributed by atoms with Crippen LogP contribution in [0.25, 0.3) is 0 Å². The standard InChI is InChI=1S/C16H18ClN3O4.C3H9N/c1-11(9-15(21)22)18-16-19-13(17)10-14(20-16)24-8-7-23-12-5-3-2-4-6-12;1-4(2)3/h2-6,10-11H,7-9H2,1H3,(H,21,22)(H,18,19,20);1-3H3/t11-;/m1./s1. The summed E-state index contributed by atoms with van der Waals surface area (Å²) in [5.41, 5.74) is 0. The lowest BCUT2D eigenvalue weighted by molar-refractivity contribution is -0.836. The molecule has 0 aliphatic carbocycles. The zero-order valence-electron chi connectivity index (χ0n) is 16.6. The lowest BCUT2D eigenvalue weighted by Gasteiger charge is -2.15. The number of hydrogen-bond donors (Lipinski definition) is 2. The van der Waals surface area contributed by atoms with Crippen molar-refractivity contribution < 1.29 is 24.3 Å². The van der Waals surface area contributed by atoms with Crippen molar-refractivity contribution in [2.45, 2.75) is 19.4 Å². The summed E-state index contributed by atoms with van der Waals surface area (Å²) in [4.78, 5) is 20.1. The number of nitrogens with zero attached hydrogens (tertiary/aromatic N) is 2. The topological polar surface area (TPSA) is 101 Å². The van der Waals surface area contributed by atoms with Crippen molar-refractivity contribution >= 4 is 23.5 Å². The van der Waals surface area contributed by atoms with Crippen molar-refractivity contribution in [3.05, 3.63) is 41.6 Å². The van der Waals surface area contributed by atoms with Gasteiger partial charge in [0, 0.05) is 24.5 Å². The fourth-order valence-corrected chi connectivity index (χ4v) is 2.05. The minimum Gasteiger partial charge on any atom is -0.550 e. The van der Waals surface area contributed by atoms with Gasteiger partial charge in [0.15, 0.2) is 0 Å². The summed E-state index contributed by atoms with van der Waals surface area (Å²) in [6.45, 7) is 2.29. The van der Waals surface area contributed by atoms with Gasteiger partial charge in [-0.05, 0) is 19.1 Å². The number of benzene rings is 1. The van der Waals surface area contributed by atoms with E-state index in [-0.39, 0.29) is 30.0 Å². The van der Waals surface area contributed by atoms with Gasteiger partial charge in [-0.2, -0.15) is 4.98 Å². The number of aromatic nitrogens is 2. The molecular formula is C19H27ClN4O4. The molecule has 2 aromatic rings. The van der Waals surface area contributed by atoms with Gasteiger partial charge < -0.3 is 29.6 Å². The SMILES string of the molecule is C[C@H](CC(=O)[O-])Nc1nc(Cl)cc(OCCOc2ccccc2)n1.C[NH+](C)C. The molecule has 0 aliphatic rings. The molecule has 2 N–H and O–H groups in total. The molecule has 0 bridgehead atoms. The monoisotopic (exact) mass is 410 g/mol. The van der Waals surface area contributed by atoms with Crippen LogP contribution in [0.2, 0.25) is 5.15 Å². The number of quaternary nitrogens is 1. The second-order valence-electron chi connectivity index (χ2n) is 6.48. The van der Waals surface area contributed by atoms with Crippen LogP contribution in [0.15, 0.2) is 36.4 Å². The molecule has 0 spiro atoms. The average molecular weight is 411 g/mol. The fourth-order valence-electron chi connectivity index (χ4n) is 1.88. The molecule has 28 heavy (non-hydrogen) atoms. The highest BCUT2D eigenvalue weighted by atomic mass is 35.5. The van der Waals surface area contributed by atoms with E-state index < -0.39 is 12.0 Å². The normalized spacial score (nSPS) is 11.2. The number of anilines is 1. The Morgan fingerprint density at radius 2 is 1.79 bits per heavy atom. The molecule has 0 saturated heterocycles. The molecule has 0 radical (unpaired) electrons. The number of carbonyl (C=O) groups excluding carboxylic acids is 1. The van der Waals surface area contributed by atoms with Crippen molar-refractivity contribution in [2.75, 3.05) is 39.7 Å². The summed E-state index contributed by atoms with van der Waals surface area (Å²) in [6.07, 6.45) is -0.170. The molecule has 0 unspecified atom stereocenters. The number of nitrogens with one attached hydrogen (secondary N) is 2. The lowest BCUT2D eigenvalue weighted by atomic mass is 10.2. The quantitative estimate of drug-likeness (QED) is 0.452. The molecule has 0 aliphatic heterocycles. The van der Waals surface area contributed by atoms with Gasteiger partial charge in [-0.25, -0.2) is 4.98 Å². The van der Waals surface area contributed by atoms with Gasteiger partial charge in [0.2, 0.25) is 11.8 Å².